The van der Waals surface area contributed by atoms with E-state index in [-0.39, 0.29) is 33.3 Å². The Hall–Kier alpha value is -2.58. The molecule has 0 aromatic carbocycles. The molecule has 0 saturated carbocycles. The Labute approximate surface area is 183 Å². The van der Waals surface area contributed by atoms with Gasteiger partial charge in [0, 0.05) is 29.9 Å². The number of imidazole rings is 1. The van der Waals surface area contributed by atoms with Crippen LogP contribution < -0.4 is 0 Å². The summed E-state index contributed by atoms with van der Waals surface area (Å²) in [7, 11) is 1.31. The highest BCUT2D eigenvalue weighted by Gasteiger charge is 2.60. The lowest BCUT2D eigenvalue weighted by atomic mass is 10.1. The van der Waals surface area contributed by atoms with Crippen molar-refractivity contribution < 1.29 is 43.9 Å². The number of aryl methyl sites for hydroxylation is 1. The predicted octanol–water partition coefficient (Wildman–Crippen LogP) is 6.45. The number of aromatic nitrogens is 4. The summed E-state index contributed by atoms with van der Waals surface area (Å²) < 4.78 is 132. The van der Waals surface area contributed by atoms with E-state index in [4.69, 9.17) is 0 Å². The third-order valence-electron chi connectivity index (χ3n) is 4.51. The lowest BCUT2D eigenvalue weighted by molar-refractivity contribution is -0.289. The van der Waals surface area contributed by atoms with Crippen LogP contribution in [0.4, 0.5) is 43.9 Å². The first-order valence-electron chi connectivity index (χ1n) is 8.88. The fraction of sp³-hybridized carbons (Fsp3) is 0.389. The molecule has 0 spiro atoms. The number of hydrogen-bond acceptors (Lipinski definition) is 4. The zero-order chi connectivity index (χ0) is 25.0. The molecular weight excluding hydrogens is 494 g/mol. The molecule has 3 rings (SSSR count). The fourth-order valence-corrected chi connectivity index (χ4v) is 3.64. The van der Waals surface area contributed by atoms with Crippen molar-refractivity contribution in [3.63, 3.8) is 0 Å². The van der Waals surface area contributed by atoms with Gasteiger partial charge in [0.25, 0.3) is 0 Å². The van der Waals surface area contributed by atoms with Crippen LogP contribution >= 0.6 is 11.8 Å². The number of pyridine rings is 2. The second-order valence-electron chi connectivity index (χ2n) is 6.71. The minimum Gasteiger partial charge on any atom is -0.310 e. The Morgan fingerprint density at radius 1 is 0.818 bits per heavy atom. The van der Waals surface area contributed by atoms with Gasteiger partial charge >= 0.3 is 24.2 Å². The van der Waals surface area contributed by atoms with Gasteiger partial charge < -0.3 is 4.57 Å². The molecule has 0 aliphatic carbocycles. The fourth-order valence-electron chi connectivity index (χ4n) is 2.84. The van der Waals surface area contributed by atoms with Crippen molar-refractivity contribution in [1.29, 1.82) is 0 Å². The van der Waals surface area contributed by atoms with Crippen LogP contribution in [0.25, 0.3) is 22.7 Å². The van der Waals surface area contributed by atoms with Crippen molar-refractivity contribution in [1.82, 2.24) is 19.5 Å². The minimum atomic E-state index is -5.88. The molecule has 0 N–H and O–H groups in total. The monoisotopic (exact) mass is 506 g/mol. The lowest BCUT2D eigenvalue weighted by Crippen LogP contribution is -2.33. The summed E-state index contributed by atoms with van der Waals surface area (Å²) in [6.45, 7) is 1.59. The largest absolute Gasteiger partial charge is 0.458 e. The Balaban J connectivity index is 2.17. The first kappa shape index (κ1) is 25.1. The summed E-state index contributed by atoms with van der Waals surface area (Å²) >= 11 is 0.861. The van der Waals surface area contributed by atoms with E-state index in [9.17, 15) is 43.9 Å². The topological polar surface area (TPSA) is 43.6 Å². The molecule has 33 heavy (non-hydrogen) atoms. The molecule has 3 aromatic heterocycles. The van der Waals surface area contributed by atoms with Crippen molar-refractivity contribution in [2.24, 2.45) is 7.05 Å². The van der Waals surface area contributed by atoms with Gasteiger partial charge in [0.05, 0.1) is 5.56 Å². The van der Waals surface area contributed by atoms with Gasteiger partial charge in [-0.2, -0.15) is 43.9 Å². The van der Waals surface area contributed by atoms with Crippen molar-refractivity contribution in [3.8, 4) is 11.5 Å². The zero-order valence-corrected chi connectivity index (χ0v) is 17.3. The molecule has 0 saturated heterocycles. The molecule has 0 unspecified atom stereocenters. The number of fused-ring (bicyclic) bond motifs is 1. The first-order valence-corrected chi connectivity index (χ1v) is 9.86. The summed E-state index contributed by atoms with van der Waals surface area (Å²) in [5.74, 6) is -10.3. The number of halogens is 10. The molecule has 0 atom stereocenters. The van der Waals surface area contributed by atoms with Crippen molar-refractivity contribution in [3.05, 3.63) is 35.7 Å². The van der Waals surface area contributed by atoms with E-state index in [2.05, 4.69) is 15.0 Å². The van der Waals surface area contributed by atoms with E-state index in [1.807, 2.05) is 0 Å². The Morgan fingerprint density at radius 2 is 1.33 bits per heavy atom. The van der Waals surface area contributed by atoms with Gasteiger partial charge in [0.2, 0.25) is 0 Å². The molecule has 0 radical (unpaired) electrons. The van der Waals surface area contributed by atoms with Crippen LogP contribution in [0, 0.1) is 0 Å². The van der Waals surface area contributed by atoms with Crippen LogP contribution in [0.2, 0.25) is 0 Å². The molecule has 3 aromatic rings. The normalized spacial score (nSPS) is 13.7. The van der Waals surface area contributed by atoms with Gasteiger partial charge in [0.15, 0.2) is 11.5 Å². The molecule has 180 valence electrons. The maximum absolute atomic E-state index is 13.7. The molecule has 15 heteroatoms. The summed E-state index contributed by atoms with van der Waals surface area (Å²) in [6, 6.07) is 1.05. The van der Waals surface area contributed by atoms with Gasteiger partial charge in [-0.15, -0.1) is 11.8 Å². The second-order valence-corrected chi connectivity index (χ2v) is 8.02. The maximum atomic E-state index is 13.7. The highest BCUT2D eigenvalue weighted by molar-refractivity contribution is 7.99. The van der Waals surface area contributed by atoms with E-state index in [0.29, 0.717) is 24.5 Å². The standard InChI is InChI=1S/C18H12F10N4S/c1-3-33-11-5-9(16(21,22)18(26,27)28)6-29-12(11)14-31-10-4-8(7-30-13(10)32(14)2)15(19,20)17(23,24)25/h4-7H,3H2,1-2H3. The van der Waals surface area contributed by atoms with Crippen molar-refractivity contribution in [2.45, 2.75) is 36.0 Å². The van der Waals surface area contributed by atoms with E-state index in [1.54, 1.807) is 6.92 Å². The zero-order valence-electron chi connectivity index (χ0n) is 16.5. The highest BCUT2D eigenvalue weighted by Crippen LogP contribution is 2.46. The summed E-state index contributed by atoms with van der Waals surface area (Å²) in [5.41, 5.74) is -3.58. The third kappa shape index (κ3) is 4.22. The maximum Gasteiger partial charge on any atom is 0.458 e. The average molecular weight is 506 g/mol. The van der Waals surface area contributed by atoms with Crippen LogP contribution in [0.15, 0.2) is 29.4 Å². The van der Waals surface area contributed by atoms with Gasteiger partial charge in [-0.05, 0) is 17.9 Å². The quantitative estimate of drug-likeness (QED) is 0.295. The number of nitrogens with zero attached hydrogens (tertiary/aromatic N) is 4. The van der Waals surface area contributed by atoms with E-state index >= 15 is 0 Å². The van der Waals surface area contributed by atoms with Crippen molar-refractivity contribution >= 4 is 22.9 Å². The minimum absolute atomic E-state index is 0.127. The second kappa shape index (κ2) is 8.02. The summed E-state index contributed by atoms with van der Waals surface area (Å²) in [5, 5.41) is 0. The molecular formula is C18H12F10N4S. The number of thioether (sulfide) groups is 1. The highest BCUT2D eigenvalue weighted by atomic mass is 32.2. The predicted molar refractivity (Wildman–Crippen MR) is 98.0 cm³/mol. The molecule has 0 aliphatic heterocycles. The molecule has 3 heterocycles. The summed E-state index contributed by atoms with van der Waals surface area (Å²) in [4.78, 5) is 11.1. The average Bonchev–Trinajstić information content (AvgIpc) is 3.02. The van der Waals surface area contributed by atoms with Gasteiger partial charge in [-0.1, -0.05) is 6.92 Å². The van der Waals surface area contributed by atoms with Crippen LogP contribution in [-0.4, -0.2) is 37.6 Å². The third-order valence-corrected chi connectivity index (χ3v) is 5.42. The number of alkyl halides is 10. The Kier molecular flexibility index (Phi) is 6.09. The lowest BCUT2D eigenvalue weighted by Gasteiger charge is -2.20. The first-order chi connectivity index (χ1) is 15.0. The Bertz CT molecular complexity index is 1180. The molecule has 0 fully saturated rings. The Morgan fingerprint density at radius 3 is 1.85 bits per heavy atom. The van der Waals surface area contributed by atoms with Crippen LogP contribution in [0.5, 0.6) is 0 Å². The van der Waals surface area contributed by atoms with Crippen LogP contribution in [0.3, 0.4) is 0 Å². The molecule has 4 nitrogen and oxygen atoms in total. The SMILES string of the molecule is CCSc1cc(C(F)(F)C(F)(F)F)cnc1-c1nc2cc(C(F)(F)C(F)(F)F)cnc2n1C. The van der Waals surface area contributed by atoms with Gasteiger partial charge in [-0.3, -0.25) is 4.98 Å². The molecule has 0 bridgehead atoms. The number of hydrogen-bond donors (Lipinski definition) is 0. The van der Waals surface area contributed by atoms with Gasteiger partial charge in [-0.25, -0.2) is 9.97 Å². The number of rotatable bonds is 5. The van der Waals surface area contributed by atoms with Crippen LogP contribution in [0.1, 0.15) is 18.1 Å². The van der Waals surface area contributed by atoms with Crippen LogP contribution in [-0.2, 0) is 18.9 Å². The van der Waals surface area contributed by atoms with E-state index in [1.165, 1.54) is 7.05 Å². The van der Waals surface area contributed by atoms with E-state index < -0.39 is 35.3 Å². The van der Waals surface area contributed by atoms with E-state index in [0.717, 1.165) is 16.3 Å². The molecule has 0 amide bonds. The smallest absolute Gasteiger partial charge is 0.310 e. The molecule has 0 aliphatic rings. The van der Waals surface area contributed by atoms with Gasteiger partial charge in [0.1, 0.15) is 11.2 Å². The summed E-state index contributed by atoms with van der Waals surface area (Å²) in [6.07, 6.45) is -11.1. The van der Waals surface area contributed by atoms with Crippen molar-refractivity contribution in [2.75, 3.05) is 5.75 Å².